The smallest absolute Gasteiger partial charge is 0.257 e. The number of likely N-dealkylation sites (tertiary alicyclic amines) is 1. The maximum atomic E-state index is 12.7. The second kappa shape index (κ2) is 10.6. The fourth-order valence-corrected chi connectivity index (χ4v) is 3.77. The number of amides is 2. The molecule has 1 fully saturated rings. The van der Waals surface area contributed by atoms with Gasteiger partial charge in [0.2, 0.25) is 5.91 Å². The summed E-state index contributed by atoms with van der Waals surface area (Å²) in [5.41, 5.74) is 1.56. The number of rotatable bonds is 7. The molecule has 0 aliphatic carbocycles. The Morgan fingerprint density at radius 3 is 2.37 bits per heavy atom. The van der Waals surface area contributed by atoms with E-state index in [2.05, 4.69) is 34.7 Å². The minimum absolute atomic E-state index is 0.114. The zero-order valence-electron chi connectivity index (χ0n) is 17.5. The van der Waals surface area contributed by atoms with E-state index in [1.165, 1.54) is 0 Å². The third-order valence-electron chi connectivity index (χ3n) is 5.07. The van der Waals surface area contributed by atoms with Crippen molar-refractivity contribution in [2.75, 3.05) is 30.3 Å². The Bertz CT molecular complexity index is 862. The number of hydrogen-bond donors (Lipinski definition) is 3. The maximum absolute atomic E-state index is 12.7. The van der Waals surface area contributed by atoms with Crippen LogP contribution in [0.3, 0.4) is 0 Å². The lowest BCUT2D eigenvalue weighted by molar-refractivity contribution is -0.117. The van der Waals surface area contributed by atoms with Crippen molar-refractivity contribution in [3.05, 3.63) is 59.1 Å². The van der Waals surface area contributed by atoms with Gasteiger partial charge in [-0.1, -0.05) is 37.6 Å². The number of piperidine rings is 1. The highest BCUT2D eigenvalue weighted by molar-refractivity contribution is 6.30. The zero-order valence-corrected chi connectivity index (χ0v) is 18.2. The molecule has 1 aliphatic heterocycles. The number of para-hydroxylation sites is 1. The molecule has 0 unspecified atom stereocenters. The Morgan fingerprint density at radius 2 is 1.70 bits per heavy atom. The Labute approximate surface area is 183 Å². The highest BCUT2D eigenvalue weighted by atomic mass is 35.5. The van der Waals surface area contributed by atoms with Crippen LogP contribution in [0.15, 0.2) is 48.5 Å². The SMILES string of the molecule is CC(C)NC1CCN(CC(=O)Nc2ccccc2C(=O)Nc2ccc(Cl)cc2)CC1. The topological polar surface area (TPSA) is 73.5 Å². The van der Waals surface area contributed by atoms with Gasteiger partial charge in [0.1, 0.15) is 0 Å². The number of anilines is 2. The van der Waals surface area contributed by atoms with Crippen LogP contribution in [0, 0.1) is 0 Å². The molecule has 160 valence electrons. The van der Waals surface area contributed by atoms with Crippen molar-refractivity contribution < 1.29 is 9.59 Å². The molecule has 1 heterocycles. The van der Waals surface area contributed by atoms with Crippen LogP contribution >= 0.6 is 11.6 Å². The molecular formula is C23H29ClN4O2. The predicted octanol–water partition coefficient (Wildman–Crippen LogP) is 3.99. The number of hydrogen-bond acceptors (Lipinski definition) is 4. The number of benzene rings is 2. The summed E-state index contributed by atoms with van der Waals surface area (Å²) in [6, 6.07) is 14.9. The van der Waals surface area contributed by atoms with E-state index < -0.39 is 0 Å². The molecule has 1 saturated heterocycles. The molecule has 2 amide bonds. The largest absolute Gasteiger partial charge is 0.324 e. The van der Waals surface area contributed by atoms with Crippen LogP contribution in [-0.4, -0.2) is 48.4 Å². The third kappa shape index (κ3) is 6.55. The van der Waals surface area contributed by atoms with Crippen LogP contribution < -0.4 is 16.0 Å². The van der Waals surface area contributed by atoms with Crippen molar-refractivity contribution in [2.24, 2.45) is 0 Å². The van der Waals surface area contributed by atoms with E-state index in [0.717, 1.165) is 25.9 Å². The van der Waals surface area contributed by atoms with Crippen LogP contribution in [0.5, 0.6) is 0 Å². The van der Waals surface area contributed by atoms with E-state index in [0.29, 0.717) is 40.6 Å². The molecule has 0 atom stereocenters. The Morgan fingerprint density at radius 1 is 1.03 bits per heavy atom. The number of nitrogens with zero attached hydrogens (tertiary/aromatic N) is 1. The summed E-state index contributed by atoms with van der Waals surface area (Å²) >= 11 is 5.89. The maximum Gasteiger partial charge on any atom is 0.257 e. The van der Waals surface area contributed by atoms with Gasteiger partial charge in [0.15, 0.2) is 0 Å². The summed E-state index contributed by atoms with van der Waals surface area (Å²) in [6.07, 6.45) is 2.07. The average molecular weight is 429 g/mol. The lowest BCUT2D eigenvalue weighted by Gasteiger charge is -2.33. The first kappa shape index (κ1) is 22.3. The van der Waals surface area contributed by atoms with Crippen LogP contribution in [0.2, 0.25) is 5.02 Å². The molecule has 3 rings (SSSR count). The Kier molecular flexibility index (Phi) is 7.85. The van der Waals surface area contributed by atoms with Gasteiger partial charge in [-0.05, 0) is 49.2 Å². The van der Waals surface area contributed by atoms with Gasteiger partial charge in [0.25, 0.3) is 5.91 Å². The summed E-state index contributed by atoms with van der Waals surface area (Å²) in [5.74, 6) is -0.397. The standard InChI is InChI=1S/C23H29ClN4O2/c1-16(2)25-19-11-13-28(14-12-19)15-22(29)27-21-6-4-3-5-20(21)23(30)26-18-9-7-17(24)8-10-18/h3-10,16,19,25H,11-15H2,1-2H3,(H,26,30)(H,27,29). The minimum atomic E-state index is -0.284. The molecule has 30 heavy (non-hydrogen) atoms. The van der Waals surface area contributed by atoms with Gasteiger partial charge in [-0.25, -0.2) is 0 Å². The van der Waals surface area contributed by atoms with Gasteiger partial charge < -0.3 is 16.0 Å². The Balaban J connectivity index is 1.56. The van der Waals surface area contributed by atoms with Crippen LogP contribution in [-0.2, 0) is 4.79 Å². The second-order valence-electron chi connectivity index (χ2n) is 7.93. The first-order chi connectivity index (χ1) is 14.4. The third-order valence-corrected chi connectivity index (χ3v) is 5.32. The summed E-state index contributed by atoms with van der Waals surface area (Å²) in [6.45, 7) is 6.40. The Hall–Kier alpha value is -2.41. The van der Waals surface area contributed by atoms with Gasteiger partial charge in [0, 0.05) is 35.9 Å². The van der Waals surface area contributed by atoms with E-state index in [4.69, 9.17) is 11.6 Å². The van der Waals surface area contributed by atoms with Crippen LogP contribution in [0.1, 0.15) is 37.0 Å². The molecule has 6 nitrogen and oxygen atoms in total. The van der Waals surface area contributed by atoms with Crippen molar-refractivity contribution in [3.8, 4) is 0 Å². The second-order valence-corrected chi connectivity index (χ2v) is 8.36. The lowest BCUT2D eigenvalue weighted by Crippen LogP contribution is -2.46. The molecular weight excluding hydrogens is 400 g/mol. The van der Waals surface area contributed by atoms with E-state index in [-0.39, 0.29) is 11.8 Å². The molecule has 7 heteroatoms. The summed E-state index contributed by atoms with van der Waals surface area (Å²) in [5, 5.41) is 9.89. The molecule has 3 N–H and O–H groups in total. The summed E-state index contributed by atoms with van der Waals surface area (Å²) in [7, 11) is 0. The molecule has 2 aromatic rings. The van der Waals surface area contributed by atoms with E-state index in [1.807, 2.05) is 0 Å². The minimum Gasteiger partial charge on any atom is -0.324 e. The number of halogens is 1. The zero-order chi connectivity index (χ0) is 21.5. The van der Waals surface area contributed by atoms with Crippen molar-refractivity contribution in [2.45, 2.75) is 38.8 Å². The van der Waals surface area contributed by atoms with E-state index in [9.17, 15) is 9.59 Å². The van der Waals surface area contributed by atoms with Crippen molar-refractivity contribution in [1.29, 1.82) is 0 Å². The molecule has 0 bridgehead atoms. The normalized spacial score (nSPS) is 15.2. The van der Waals surface area contributed by atoms with Crippen LogP contribution in [0.4, 0.5) is 11.4 Å². The van der Waals surface area contributed by atoms with Crippen molar-refractivity contribution >= 4 is 34.8 Å². The van der Waals surface area contributed by atoms with Crippen molar-refractivity contribution in [1.82, 2.24) is 10.2 Å². The number of carbonyl (C=O) groups excluding carboxylic acids is 2. The molecule has 0 radical (unpaired) electrons. The van der Waals surface area contributed by atoms with Gasteiger partial charge in [0.05, 0.1) is 17.8 Å². The molecule has 0 spiro atoms. The fraction of sp³-hybridized carbons (Fsp3) is 0.391. The highest BCUT2D eigenvalue weighted by Crippen LogP contribution is 2.19. The van der Waals surface area contributed by atoms with Gasteiger partial charge in [-0.3, -0.25) is 14.5 Å². The lowest BCUT2D eigenvalue weighted by atomic mass is 10.0. The molecule has 2 aromatic carbocycles. The van der Waals surface area contributed by atoms with Crippen molar-refractivity contribution in [3.63, 3.8) is 0 Å². The summed E-state index contributed by atoms with van der Waals surface area (Å²) < 4.78 is 0. The van der Waals surface area contributed by atoms with Gasteiger partial charge >= 0.3 is 0 Å². The quantitative estimate of drug-likeness (QED) is 0.623. The molecule has 0 saturated carbocycles. The molecule has 1 aliphatic rings. The predicted molar refractivity (Wildman–Crippen MR) is 122 cm³/mol. The number of nitrogens with one attached hydrogen (secondary N) is 3. The summed E-state index contributed by atoms with van der Waals surface area (Å²) in [4.78, 5) is 27.5. The van der Waals surface area contributed by atoms with Gasteiger partial charge in [-0.2, -0.15) is 0 Å². The van der Waals surface area contributed by atoms with Crippen LogP contribution in [0.25, 0.3) is 0 Å². The number of carbonyl (C=O) groups is 2. The van der Waals surface area contributed by atoms with Gasteiger partial charge in [-0.15, -0.1) is 0 Å². The fourth-order valence-electron chi connectivity index (χ4n) is 3.64. The highest BCUT2D eigenvalue weighted by Gasteiger charge is 2.21. The van der Waals surface area contributed by atoms with E-state index in [1.54, 1.807) is 48.5 Å². The first-order valence-electron chi connectivity index (χ1n) is 10.3. The monoisotopic (exact) mass is 428 g/mol. The average Bonchev–Trinajstić information content (AvgIpc) is 2.71. The first-order valence-corrected chi connectivity index (χ1v) is 10.7. The van der Waals surface area contributed by atoms with E-state index >= 15 is 0 Å². The molecule has 0 aromatic heterocycles.